The lowest BCUT2D eigenvalue weighted by atomic mass is 9.69. The summed E-state index contributed by atoms with van der Waals surface area (Å²) < 4.78 is 11.1. The molecule has 2 aliphatic rings. The minimum atomic E-state index is -0.892. The monoisotopic (exact) mass is 500 g/mol. The van der Waals surface area contributed by atoms with Crippen LogP contribution in [0.2, 0.25) is 5.15 Å². The number of pyridine rings is 1. The molecule has 188 valence electrons. The molecule has 1 aromatic carbocycles. The Kier molecular flexibility index (Phi) is 7.52. The number of methoxy groups -OCH3 is 1. The Morgan fingerprint density at radius 2 is 1.94 bits per heavy atom. The van der Waals surface area contributed by atoms with Crippen molar-refractivity contribution in [1.29, 1.82) is 0 Å². The second-order valence-corrected chi connectivity index (χ2v) is 10.1. The lowest BCUT2D eigenvalue weighted by molar-refractivity contribution is -0.126. The van der Waals surface area contributed by atoms with Crippen molar-refractivity contribution < 1.29 is 19.1 Å². The topological polar surface area (TPSA) is 92.8 Å². The van der Waals surface area contributed by atoms with Gasteiger partial charge in [0.1, 0.15) is 28.1 Å². The molecule has 3 amide bonds. The van der Waals surface area contributed by atoms with Crippen LogP contribution in [0.3, 0.4) is 0 Å². The van der Waals surface area contributed by atoms with Gasteiger partial charge in [-0.05, 0) is 36.8 Å². The summed E-state index contributed by atoms with van der Waals surface area (Å²) in [7, 11) is 1.60. The normalized spacial score (nSPS) is 17.5. The number of carbonyl (C=O) groups is 2. The van der Waals surface area contributed by atoms with E-state index in [1.165, 1.54) is 6.20 Å². The molecule has 1 aliphatic carbocycles. The maximum absolute atomic E-state index is 13.9. The molecular weight excluding hydrogens is 468 g/mol. The van der Waals surface area contributed by atoms with Crippen LogP contribution in [0.1, 0.15) is 50.7 Å². The average Bonchev–Trinajstić information content (AvgIpc) is 3.59. The summed E-state index contributed by atoms with van der Waals surface area (Å²) >= 11 is 6.11. The molecule has 9 heteroatoms. The van der Waals surface area contributed by atoms with E-state index >= 15 is 0 Å². The number of hydrogen-bond donors (Lipinski definition) is 2. The number of likely N-dealkylation sites (tertiary alicyclic amines) is 1. The fourth-order valence-corrected chi connectivity index (χ4v) is 4.59. The fourth-order valence-electron chi connectivity index (χ4n) is 4.45. The van der Waals surface area contributed by atoms with Crippen LogP contribution in [-0.4, -0.2) is 60.8 Å². The van der Waals surface area contributed by atoms with Crippen molar-refractivity contribution in [1.82, 2.24) is 15.2 Å². The maximum Gasteiger partial charge on any atom is 0.317 e. The minimum Gasteiger partial charge on any atom is -0.486 e. The SMILES string of the molecule is COC[C@H](C)Oc1cc(Cl)ncc1NC(=O)C1(c2ccccc2C(C)C)CN(C(=O)NC2CC2)C1. The van der Waals surface area contributed by atoms with Gasteiger partial charge >= 0.3 is 6.03 Å². The Hall–Kier alpha value is -2.84. The standard InChI is InChI=1S/C26H33ClN4O4/c1-16(2)19-7-5-6-8-20(19)26(14-31(15-26)25(33)29-18-9-10-18)24(32)30-21-12-28-23(27)11-22(21)35-17(3)13-34-4/h5-8,11-12,16-18H,9-10,13-15H2,1-4H3,(H,29,33)(H,30,32)/t17-/m0/s1. The minimum absolute atomic E-state index is 0.122. The van der Waals surface area contributed by atoms with E-state index < -0.39 is 5.41 Å². The fraction of sp³-hybridized carbons (Fsp3) is 0.500. The molecule has 4 rings (SSSR count). The van der Waals surface area contributed by atoms with Crippen LogP contribution in [0.25, 0.3) is 0 Å². The molecular formula is C26H33ClN4O4. The van der Waals surface area contributed by atoms with E-state index in [0.717, 1.165) is 24.0 Å². The third kappa shape index (κ3) is 5.54. The number of amides is 3. The lowest BCUT2D eigenvalue weighted by Gasteiger charge is -2.49. The van der Waals surface area contributed by atoms with E-state index in [4.69, 9.17) is 21.1 Å². The summed E-state index contributed by atoms with van der Waals surface area (Å²) in [5, 5.41) is 6.30. The highest BCUT2D eigenvalue weighted by Gasteiger charge is 2.53. The van der Waals surface area contributed by atoms with Gasteiger partial charge in [-0.25, -0.2) is 9.78 Å². The van der Waals surface area contributed by atoms with Crippen LogP contribution in [-0.2, 0) is 14.9 Å². The smallest absolute Gasteiger partial charge is 0.317 e. The Balaban J connectivity index is 1.63. The van der Waals surface area contributed by atoms with Crippen molar-refractivity contribution in [3.63, 3.8) is 0 Å². The second-order valence-electron chi connectivity index (χ2n) is 9.75. The summed E-state index contributed by atoms with van der Waals surface area (Å²) in [5.41, 5.74) is 1.55. The van der Waals surface area contributed by atoms with Gasteiger partial charge in [0, 0.05) is 32.3 Å². The first kappa shape index (κ1) is 25.3. The summed E-state index contributed by atoms with van der Waals surface area (Å²) in [4.78, 5) is 32.5. The predicted octanol–water partition coefficient (Wildman–Crippen LogP) is 4.34. The van der Waals surface area contributed by atoms with Crippen molar-refractivity contribution in [3.8, 4) is 5.75 Å². The number of ether oxygens (including phenoxy) is 2. The van der Waals surface area contributed by atoms with E-state index in [1.807, 2.05) is 31.2 Å². The van der Waals surface area contributed by atoms with Crippen LogP contribution in [0, 0.1) is 0 Å². The number of nitrogens with zero attached hydrogens (tertiary/aromatic N) is 2. The first-order valence-electron chi connectivity index (χ1n) is 12.0. The van der Waals surface area contributed by atoms with Gasteiger partial charge in [0.15, 0.2) is 0 Å². The number of carbonyl (C=O) groups excluding carboxylic acids is 2. The number of hydrogen-bond acceptors (Lipinski definition) is 5. The van der Waals surface area contributed by atoms with E-state index in [2.05, 4.69) is 29.5 Å². The highest BCUT2D eigenvalue weighted by atomic mass is 35.5. The van der Waals surface area contributed by atoms with Crippen molar-refractivity contribution in [2.45, 2.75) is 57.1 Å². The average molecular weight is 501 g/mol. The molecule has 0 radical (unpaired) electrons. The molecule has 35 heavy (non-hydrogen) atoms. The number of nitrogens with one attached hydrogen (secondary N) is 2. The van der Waals surface area contributed by atoms with Crippen LogP contribution in [0.4, 0.5) is 10.5 Å². The number of urea groups is 1. The van der Waals surface area contributed by atoms with Crippen LogP contribution < -0.4 is 15.4 Å². The molecule has 8 nitrogen and oxygen atoms in total. The molecule has 1 aromatic heterocycles. The summed E-state index contributed by atoms with van der Waals surface area (Å²) in [6.45, 7) is 7.03. The third-order valence-corrected chi connectivity index (χ3v) is 6.66. The van der Waals surface area contributed by atoms with Crippen LogP contribution in [0.15, 0.2) is 36.5 Å². The van der Waals surface area contributed by atoms with Gasteiger partial charge in [-0.2, -0.15) is 0 Å². The van der Waals surface area contributed by atoms with E-state index in [1.54, 1.807) is 18.1 Å². The Morgan fingerprint density at radius 1 is 1.23 bits per heavy atom. The first-order chi connectivity index (χ1) is 16.7. The summed E-state index contributed by atoms with van der Waals surface area (Å²) in [6.07, 6.45) is 3.26. The van der Waals surface area contributed by atoms with Gasteiger partial charge < -0.3 is 25.0 Å². The highest BCUT2D eigenvalue weighted by molar-refractivity contribution is 6.29. The number of anilines is 1. The summed E-state index contributed by atoms with van der Waals surface area (Å²) in [6, 6.07) is 9.66. The molecule has 2 heterocycles. The largest absolute Gasteiger partial charge is 0.486 e. The Morgan fingerprint density at radius 3 is 2.60 bits per heavy atom. The zero-order valence-corrected chi connectivity index (χ0v) is 21.4. The quantitative estimate of drug-likeness (QED) is 0.500. The highest BCUT2D eigenvalue weighted by Crippen LogP contribution is 2.41. The predicted molar refractivity (Wildman–Crippen MR) is 135 cm³/mol. The number of benzene rings is 1. The van der Waals surface area contributed by atoms with Crippen LogP contribution in [0.5, 0.6) is 5.75 Å². The molecule has 0 unspecified atom stereocenters. The lowest BCUT2D eigenvalue weighted by Crippen LogP contribution is -2.68. The van der Waals surface area contributed by atoms with E-state index in [9.17, 15) is 9.59 Å². The van der Waals surface area contributed by atoms with E-state index in [-0.39, 0.29) is 35.2 Å². The molecule has 2 N–H and O–H groups in total. The van der Waals surface area contributed by atoms with Gasteiger partial charge in [0.05, 0.1) is 12.8 Å². The molecule has 1 aliphatic heterocycles. The van der Waals surface area contributed by atoms with Crippen molar-refractivity contribution in [2.75, 3.05) is 32.1 Å². The van der Waals surface area contributed by atoms with Crippen LogP contribution >= 0.6 is 11.6 Å². The number of halogens is 1. The Labute approximate surface area is 211 Å². The molecule has 2 aromatic rings. The van der Waals surface area contributed by atoms with Gasteiger partial charge in [0.2, 0.25) is 5.91 Å². The van der Waals surface area contributed by atoms with Gasteiger partial charge in [-0.1, -0.05) is 49.7 Å². The van der Waals surface area contributed by atoms with Gasteiger partial charge in [-0.15, -0.1) is 0 Å². The van der Waals surface area contributed by atoms with E-state index in [0.29, 0.717) is 31.1 Å². The molecule has 0 spiro atoms. The number of aromatic nitrogens is 1. The summed E-state index contributed by atoms with van der Waals surface area (Å²) in [5.74, 6) is 0.420. The maximum atomic E-state index is 13.9. The van der Waals surface area contributed by atoms with Gasteiger partial charge in [-0.3, -0.25) is 4.79 Å². The Bertz CT molecular complexity index is 1080. The first-order valence-corrected chi connectivity index (χ1v) is 12.4. The van der Waals surface area contributed by atoms with Crippen molar-refractivity contribution in [2.24, 2.45) is 0 Å². The number of rotatable bonds is 9. The molecule has 1 saturated carbocycles. The van der Waals surface area contributed by atoms with Gasteiger partial charge in [0.25, 0.3) is 0 Å². The zero-order chi connectivity index (χ0) is 25.2. The molecule has 0 bridgehead atoms. The zero-order valence-electron chi connectivity index (χ0n) is 20.6. The molecule has 1 atom stereocenters. The third-order valence-electron chi connectivity index (χ3n) is 6.46. The molecule has 1 saturated heterocycles. The van der Waals surface area contributed by atoms with Crippen molar-refractivity contribution >= 4 is 29.2 Å². The second kappa shape index (κ2) is 10.4. The molecule has 2 fully saturated rings. The van der Waals surface area contributed by atoms with Crippen molar-refractivity contribution in [3.05, 3.63) is 52.8 Å².